The quantitative estimate of drug-likeness (QED) is 0.0489. The van der Waals surface area contributed by atoms with Crippen molar-refractivity contribution >= 4 is 11.7 Å². The van der Waals surface area contributed by atoms with Gasteiger partial charge in [-0.15, -0.1) is 0 Å². The zero-order valence-corrected chi connectivity index (χ0v) is 22.0. The molecule has 2 rings (SSSR count). The number of rotatable bonds is 19. The highest BCUT2D eigenvalue weighted by atomic mass is 16.6. The maximum atomic E-state index is 12.1. The first-order chi connectivity index (χ1) is 17.5. The number of unbranched alkanes of at least 4 members (excludes halogenated alkanes) is 10. The molecule has 0 saturated heterocycles. The van der Waals surface area contributed by atoms with Gasteiger partial charge in [0, 0.05) is 18.6 Å². The molecule has 5 heteroatoms. The summed E-state index contributed by atoms with van der Waals surface area (Å²) in [5, 5.41) is 10.8. The van der Waals surface area contributed by atoms with Crippen LogP contribution in [0.15, 0.2) is 60.7 Å². The lowest BCUT2D eigenvalue weighted by Gasteiger charge is -2.08. The van der Waals surface area contributed by atoms with Gasteiger partial charge in [-0.1, -0.05) is 108 Å². The SMILES string of the molecule is C=C(CCc1ccc(OC(=O)CCCCCCCCCCCCC)cc1)Cc1ccc([N+](=O)[O-])cc1. The monoisotopic (exact) mass is 493 g/mol. The number of esters is 1. The van der Waals surface area contributed by atoms with E-state index in [1.54, 1.807) is 12.1 Å². The number of nitro groups is 1. The molecule has 0 spiro atoms. The minimum Gasteiger partial charge on any atom is -0.427 e. The molecule has 0 aromatic heterocycles. The number of hydrogen-bond acceptors (Lipinski definition) is 4. The molecule has 0 N–H and O–H groups in total. The van der Waals surface area contributed by atoms with Crippen LogP contribution in [0.4, 0.5) is 5.69 Å². The van der Waals surface area contributed by atoms with Crippen molar-refractivity contribution in [1.82, 2.24) is 0 Å². The molecule has 0 aliphatic carbocycles. The number of benzene rings is 2. The Balaban J connectivity index is 1.55. The van der Waals surface area contributed by atoms with Crippen LogP contribution in [-0.4, -0.2) is 10.9 Å². The summed E-state index contributed by atoms with van der Waals surface area (Å²) in [7, 11) is 0. The van der Waals surface area contributed by atoms with Crippen LogP contribution in [0.2, 0.25) is 0 Å². The van der Waals surface area contributed by atoms with E-state index >= 15 is 0 Å². The predicted octanol–water partition coefficient (Wildman–Crippen LogP) is 8.93. The molecule has 2 aromatic carbocycles. The van der Waals surface area contributed by atoms with E-state index in [0.29, 0.717) is 18.6 Å². The molecule has 0 aliphatic rings. The maximum absolute atomic E-state index is 12.1. The lowest BCUT2D eigenvalue weighted by atomic mass is 9.99. The van der Waals surface area contributed by atoms with Crippen molar-refractivity contribution in [3.63, 3.8) is 0 Å². The van der Waals surface area contributed by atoms with Gasteiger partial charge in [0.1, 0.15) is 5.75 Å². The van der Waals surface area contributed by atoms with Crippen LogP contribution in [0.5, 0.6) is 5.75 Å². The first kappa shape index (κ1) is 29.3. The second-order valence-electron chi connectivity index (χ2n) is 9.75. The van der Waals surface area contributed by atoms with E-state index in [2.05, 4.69) is 13.5 Å². The molecule has 196 valence electrons. The fourth-order valence-electron chi connectivity index (χ4n) is 4.27. The average molecular weight is 494 g/mol. The standard InChI is InChI=1S/C31H43NO4/c1-3-4-5-6-7-8-9-10-11-12-13-14-31(33)36-30-23-19-27(20-24-30)16-15-26(2)25-28-17-21-29(22-18-28)32(34)35/h17-24H,2-16,25H2,1H3. The molecule has 0 radical (unpaired) electrons. The van der Waals surface area contributed by atoms with E-state index in [-0.39, 0.29) is 11.7 Å². The summed E-state index contributed by atoms with van der Waals surface area (Å²) in [6.45, 7) is 6.40. The zero-order chi connectivity index (χ0) is 26.0. The van der Waals surface area contributed by atoms with Crippen LogP contribution < -0.4 is 4.74 Å². The van der Waals surface area contributed by atoms with Gasteiger partial charge in [-0.3, -0.25) is 14.9 Å². The molecule has 0 saturated carbocycles. The van der Waals surface area contributed by atoms with Crippen molar-refractivity contribution < 1.29 is 14.5 Å². The number of nitrogens with zero attached hydrogens (tertiary/aromatic N) is 1. The Labute approximate surface area is 217 Å². The van der Waals surface area contributed by atoms with Gasteiger partial charge in [-0.2, -0.15) is 0 Å². The van der Waals surface area contributed by atoms with Gasteiger partial charge in [0.2, 0.25) is 0 Å². The fraction of sp³-hybridized carbons (Fsp3) is 0.516. The molecular weight excluding hydrogens is 450 g/mol. The van der Waals surface area contributed by atoms with Gasteiger partial charge in [0.05, 0.1) is 4.92 Å². The van der Waals surface area contributed by atoms with Crippen LogP contribution in [0.3, 0.4) is 0 Å². The number of ether oxygens (including phenoxy) is 1. The Bertz CT molecular complexity index is 919. The summed E-state index contributed by atoms with van der Waals surface area (Å²) >= 11 is 0. The van der Waals surface area contributed by atoms with Crippen molar-refractivity contribution in [2.45, 2.75) is 103 Å². The summed E-state index contributed by atoms with van der Waals surface area (Å²) in [6, 6.07) is 14.3. The van der Waals surface area contributed by atoms with Crippen LogP contribution in [0.1, 0.15) is 102 Å². The second-order valence-corrected chi connectivity index (χ2v) is 9.75. The Morgan fingerprint density at radius 1 is 0.778 bits per heavy atom. The maximum Gasteiger partial charge on any atom is 0.311 e. The van der Waals surface area contributed by atoms with Gasteiger partial charge in [-0.05, 0) is 48.9 Å². The summed E-state index contributed by atoms with van der Waals surface area (Å²) in [6.07, 6.45) is 16.7. The minimum absolute atomic E-state index is 0.101. The summed E-state index contributed by atoms with van der Waals surface area (Å²) in [4.78, 5) is 22.5. The molecule has 0 bridgehead atoms. The number of carbonyl (C=O) groups excluding carboxylic acids is 1. The van der Waals surface area contributed by atoms with Crippen molar-refractivity contribution in [2.75, 3.05) is 0 Å². The lowest BCUT2D eigenvalue weighted by molar-refractivity contribution is -0.384. The molecule has 0 amide bonds. The van der Waals surface area contributed by atoms with E-state index in [4.69, 9.17) is 4.74 Å². The highest BCUT2D eigenvalue weighted by molar-refractivity contribution is 5.72. The number of nitro benzene ring substituents is 1. The van der Waals surface area contributed by atoms with E-state index in [1.165, 1.54) is 69.9 Å². The van der Waals surface area contributed by atoms with Crippen LogP contribution in [0.25, 0.3) is 0 Å². The molecule has 0 aliphatic heterocycles. The van der Waals surface area contributed by atoms with Crippen molar-refractivity contribution in [3.05, 3.63) is 81.9 Å². The van der Waals surface area contributed by atoms with Crippen molar-refractivity contribution in [3.8, 4) is 5.75 Å². The normalized spacial score (nSPS) is 10.8. The van der Waals surface area contributed by atoms with Crippen LogP contribution >= 0.6 is 0 Å². The third-order valence-corrected chi connectivity index (χ3v) is 6.51. The Kier molecular flexibility index (Phi) is 14.2. The smallest absolute Gasteiger partial charge is 0.311 e. The molecule has 5 nitrogen and oxygen atoms in total. The largest absolute Gasteiger partial charge is 0.427 e. The van der Waals surface area contributed by atoms with E-state index in [9.17, 15) is 14.9 Å². The zero-order valence-electron chi connectivity index (χ0n) is 22.0. The first-order valence-electron chi connectivity index (χ1n) is 13.7. The molecule has 36 heavy (non-hydrogen) atoms. The Morgan fingerprint density at radius 3 is 1.86 bits per heavy atom. The molecule has 0 fully saturated rings. The van der Waals surface area contributed by atoms with Crippen LogP contribution in [0, 0.1) is 10.1 Å². The topological polar surface area (TPSA) is 69.4 Å². The number of hydrogen-bond donors (Lipinski definition) is 0. The van der Waals surface area contributed by atoms with Gasteiger partial charge in [-0.25, -0.2) is 0 Å². The molecular formula is C31H43NO4. The highest BCUT2D eigenvalue weighted by Crippen LogP contribution is 2.19. The molecule has 0 unspecified atom stereocenters. The number of aryl methyl sites for hydroxylation is 1. The van der Waals surface area contributed by atoms with E-state index in [0.717, 1.165) is 42.4 Å². The van der Waals surface area contributed by atoms with Gasteiger partial charge >= 0.3 is 5.97 Å². The highest BCUT2D eigenvalue weighted by Gasteiger charge is 2.07. The second kappa shape index (κ2) is 17.5. The number of carbonyl (C=O) groups is 1. The third-order valence-electron chi connectivity index (χ3n) is 6.51. The van der Waals surface area contributed by atoms with Gasteiger partial charge < -0.3 is 4.74 Å². The average Bonchev–Trinajstić information content (AvgIpc) is 2.87. The lowest BCUT2D eigenvalue weighted by Crippen LogP contribution is -2.07. The molecule has 0 heterocycles. The molecule has 2 aromatic rings. The minimum atomic E-state index is -0.391. The fourth-order valence-corrected chi connectivity index (χ4v) is 4.27. The van der Waals surface area contributed by atoms with Crippen molar-refractivity contribution in [1.29, 1.82) is 0 Å². The van der Waals surface area contributed by atoms with E-state index in [1.807, 2.05) is 24.3 Å². The number of non-ortho nitro benzene ring substituents is 1. The first-order valence-corrected chi connectivity index (χ1v) is 13.7. The summed E-state index contributed by atoms with van der Waals surface area (Å²) in [5.74, 6) is 0.437. The third kappa shape index (κ3) is 12.7. The molecule has 0 atom stereocenters. The Morgan fingerprint density at radius 2 is 1.31 bits per heavy atom. The summed E-state index contributed by atoms with van der Waals surface area (Å²) < 4.78 is 5.49. The predicted molar refractivity (Wildman–Crippen MR) is 147 cm³/mol. The summed E-state index contributed by atoms with van der Waals surface area (Å²) in [5.41, 5.74) is 3.35. The number of allylic oxidation sites excluding steroid dienone is 1. The van der Waals surface area contributed by atoms with Crippen molar-refractivity contribution in [2.24, 2.45) is 0 Å². The van der Waals surface area contributed by atoms with Gasteiger partial charge in [0.25, 0.3) is 5.69 Å². The van der Waals surface area contributed by atoms with E-state index < -0.39 is 4.92 Å². The Hall–Kier alpha value is -2.95. The van der Waals surface area contributed by atoms with Crippen LogP contribution in [-0.2, 0) is 17.6 Å². The van der Waals surface area contributed by atoms with Gasteiger partial charge in [0.15, 0.2) is 0 Å².